The molecule has 0 heterocycles. The van der Waals surface area contributed by atoms with Crippen molar-refractivity contribution in [3.8, 4) is 6.07 Å². The molecule has 160 valence electrons. The Morgan fingerprint density at radius 1 is 1.27 bits per heavy atom. The van der Waals surface area contributed by atoms with Crippen LogP contribution in [-0.4, -0.2) is 5.91 Å². The number of nitriles is 1. The lowest BCUT2D eigenvalue weighted by Gasteiger charge is -2.58. The first-order chi connectivity index (χ1) is 14.2. The number of anilines is 1. The van der Waals surface area contributed by atoms with Crippen LogP contribution in [0.2, 0.25) is 0 Å². The van der Waals surface area contributed by atoms with Gasteiger partial charge in [0.2, 0.25) is 5.91 Å². The summed E-state index contributed by atoms with van der Waals surface area (Å²) in [5.41, 5.74) is 4.57. The highest BCUT2D eigenvalue weighted by molar-refractivity contribution is 5.99. The summed E-state index contributed by atoms with van der Waals surface area (Å²) in [5.74, 6) is 1.20. The van der Waals surface area contributed by atoms with E-state index in [-0.39, 0.29) is 5.91 Å². The van der Waals surface area contributed by atoms with Crippen molar-refractivity contribution in [3.63, 3.8) is 0 Å². The van der Waals surface area contributed by atoms with Crippen LogP contribution in [0.15, 0.2) is 48.1 Å². The zero-order valence-electron chi connectivity index (χ0n) is 19.1. The minimum Gasteiger partial charge on any atom is -0.323 e. The van der Waals surface area contributed by atoms with Gasteiger partial charge in [0.05, 0.1) is 11.6 Å². The van der Waals surface area contributed by atoms with E-state index in [0.29, 0.717) is 28.0 Å². The van der Waals surface area contributed by atoms with Gasteiger partial charge in [0.15, 0.2) is 0 Å². The second-order valence-corrected chi connectivity index (χ2v) is 10.4. The largest absolute Gasteiger partial charge is 0.323 e. The molecule has 0 spiro atoms. The van der Waals surface area contributed by atoms with Gasteiger partial charge in [-0.2, -0.15) is 5.26 Å². The smallest absolute Gasteiger partial charge is 0.248 e. The van der Waals surface area contributed by atoms with E-state index in [1.807, 2.05) is 0 Å². The van der Waals surface area contributed by atoms with Crippen LogP contribution in [0, 0.1) is 34.0 Å². The van der Waals surface area contributed by atoms with Crippen LogP contribution in [0.5, 0.6) is 0 Å². The lowest BCUT2D eigenvalue weighted by molar-refractivity contribution is -0.112. The quantitative estimate of drug-likeness (QED) is 0.423. The number of rotatable bonds is 5. The molecule has 2 aliphatic carbocycles. The molecule has 0 aliphatic heterocycles. The Hall–Kier alpha value is -2.34. The Labute approximate surface area is 182 Å². The van der Waals surface area contributed by atoms with E-state index in [1.165, 1.54) is 31.3 Å². The number of hydrogen-bond acceptors (Lipinski definition) is 2. The van der Waals surface area contributed by atoms with Crippen LogP contribution >= 0.6 is 0 Å². The maximum atomic E-state index is 12.4. The molecular weight excluding hydrogens is 368 g/mol. The second kappa shape index (κ2) is 8.80. The number of carbonyl (C=O) groups is 1. The zero-order chi connectivity index (χ0) is 21.9. The number of carbonyl (C=O) groups excluding carboxylic acids is 1. The van der Waals surface area contributed by atoms with E-state index in [1.54, 1.807) is 30.3 Å². The zero-order valence-corrected chi connectivity index (χ0v) is 19.1. The average molecular weight is 405 g/mol. The van der Waals surface area contributed by atoms with Gasteiger partial charge in [-0.05, 0) is 92.4 Å². The topological polar surface area (TPSA) is 52.9 Å². The van der Waals surface area contributed by atoms with Gasteiger partial charge in [-0.15, -0.1) is 0 Å². The van der Waals surface area contributed by atoms with Gasteiger partial charge in [0.1, 0.15) is 0 Å². The molecule has 3 rings (SSSR count). The summed E-state index contributed by atoms with van der Waals surface area (Å²) in [4.78, 5) is 12.4. The first-order valence-corrected chi connectivity index (χ1v) is 11.3. The van der Waals surface area contributed by atoms with E-state index in [2.05, 4.69) is 45.7 Å². The van der Waals surface area contributed by atoms with Crippen molar-refractivity contribution in [1.82, 2.24) is 0 Å². The van der Waals surface area contributed by atoms with Crippen molar-refractivity contribution in [2.45, 2.75) is 72.6 Å². The molecule has 0 bridgehead atoms. The van der Waals surface area contributed by atoms with E-state index in [4.69, 9.17) is 5.26 Å². The first kappa shape index (κ1) is 22.3. The molecule has 3 heteroatoms. The molecule has 2 saturated carbocycles. The van der Waals surface area contributed by atoms with Crippen LogP contribution in [0.1, 0.15) is 78.2 Å². The number of benzene rings is 1. The summed E-state index contributed by atoms with van der Waals surface area (Å²) < 4.78 is 0. The minimum atomic E-state index is -0.109. The number of nitrogens with zero attached hydrogens (tertiary/aromatic N) is 1. The fraction of sp³-hybridized carbons (Fsp3) is 0.556. The van der Waals surface area contributed by atoms with Gasteiger partial charge in [0, 0.05) is 11.8 Å². The van der Waals surface area contributed by atoms with E-state index in [9.17, 15) is 4.79 Å². The predicted molar refractivity (Wildman–Crippen MR) is 124 cm³/mol. The summed E-state index contributed by atoms with van der Waals surface area (Å²) in [5, 5.41) is 11.8. The maximum Gasteiger partial charge on any atom is 0.248 e. The SMILES string of the molecule is C=C1CC[C@@H]2C(C)(C)CCC[C@@]2(C)[C@@H]1CC/C(C)=C/C(=O)Nc1ccc(C#N)cc1. The van der Waals surface area contributed by atoms with Gasteiger partial charge >= 0.3 is 0 Å². The Balaban J connectivity index is 1.63. The fourth-order valence-electron chi connectivity index (χ4n) is 6.28. The molecule has 1 N–H and O–H groups in total. The molecule has 0 radical (unpaired) electrons. The molecule has 3 atom stereocenters. The molecule has 30 heavy (non-hydrogen) atoms. The Kier molecular flexibility index (Phi) is 6.56. The summed E-state index contributed by atoms with van der Waals surface area (Å²) >= 11 is 0. The fourth-order valence-corrected chi connectivity index (χ4v) is 6.28. The van der Waals surface area contributed by atoms with Gasteiger partial charge < -0.3 is 5.32 Å². The second-order valence-electron chi connectivity index (χ2n) is 10.4. The average Bonchev–Trinajstić information content (AvgIpc) is 2.67. The van der Waals surface area contributed by atoms with Gasteiger partial charge in [-0.25, -0.2) is 0 Å². The molecule has 0 saturated heterocycles. The van der Waals surface area contributed by atoms with Crippen LogP contribution in [0.4, 0.5) is 5.69 Å². The number of nitrogens with one attached hydrogen (secondary N) is 1. The number of amides is 1. The molecule has 1 aromatic carbocycles. The third-order valence-electron chi connectivity index (χ3n) is 7.81. The van der Waals surface area contributed by atoms with Crippen molar-refractivity contribution in [2.24, 2.45) is 22.7 Å². The van der Waals surface area contributed by atoms with Crippen molar-refractivity contribution < 1.29 is 4.79 Å². The van der Waals surface area contributed by atoms with E-state index < -0.39 is 0 Å². The third-order valence-corrected chi connectivity index (χ3v) is 7.81. The summed E-state index contributed by atoms with van der Waals surface area (Å²) in [7, 11) is 0. The summed E-state index contributed by atoms with van der Waals surface area (Å²) in [6.45, 7) is 13.9. The van der Waals surface area contributed by atoms with Crippen molar-refractivity contribution in [1.29, 1.82) is 5.26 Å². The highest BCUT2D eigenvalue weighted by atomic mass is 16.1. The molecular formula is C27H36N2O. The minimum absolute atomic E-state index is 0.109. The Morgan fingerprint density at radius 2 is 1.97 bits per heavy atom. The van der Waals surface area contributed by atoms with Crippen molar-refractivity contribution >= 4 is 11.6 Å². The molecule has 1 amide bonds. The standard InChI is InChI=1S/C27H36N2O/c1-19(17-25(30)29-22-11-9-21(18-28)10-12-22)7-13-23-20(2)8-14-24-26(3,4)15-6-16-27(23,24)5/h9-12,17,23-24H,2,6-8,13-16H2,1,3-5H3,(H,29,30)/b19-17+/t23-,24-,27+/m1/s1. The summed E-state index contributed by atoms with van der Waals surface area (Å²) in [6.07, 6.45) is 10.1. The molecule has 0 aromatic heterocycles. The number of allylic oxidation sites excluding steroid dienone is 2. The van der Waals surface area contributed by atoms with E-state index in [0.717, 1.165) is 30.8 Å². The molecule has 3 nitrogen and oxygen atoms in total. The normalized spacial score (nSPS) is 28.4. The van der Waals surface area contributed by atoms with Crippen LogP contribution in [0.3, 0.4) is 0 Å². The highest BCUT2D eigenvalue weighted by Crippen LogP contribution is 2.61. The predicted octanol–water partition coefficient (Wildman–Crippen LogP) is 7.02. The molecule has 2 fully saturated rings. The van der Waals surface area contributed by atoms with Crippen LogP contribution in [-0.2, 0) is 4.79 Å². The van der Waals surface area contributed by atoms with Crippen molar-refractivity contribution in [2.75, 3.05) is 5.32 Å². The highest BCUT2D eigenvalue weighted by Gasteiger charge is 2.52. The lowest BCUT2D eigenvalue weighted by Crippen LogP contribution is -2.49. The molecule has 0 unspecified atom stereocenters. The van der Waals surface area contributed by atoms with Crippen molar-refractivity contribution in [3.05, 3.63) is 53.6 Å². The maximum absolute atomic E-state index is 12.4. The third kappa shape index (κ3) is 4.69. The monoisotopic (exact) mass is 404 g/mol. The van der Waals surface area contributed by atoms with Gasteiger partial charge in [0.25, 0.3) is 0 Å². The van der Waals surface area contributed by atoms with Gasteiger partial charge in [-0.1, -0.05) is 44.9 Å². The Morgan fingerprint density at radius 3 is 2.63 bits per heavy atom. The van der Waals surface area contributed by atoms with E-state index >= 15 is 0 Å². The van der Waals surface area contributed by atoms with Gasteiger partial charge in [-0.3, -0.25) is 4.79 Å². The Bertz CT molecular complexity index is 871. The number of fused-ring (bicyclic) bond motifs is 1. The molecule has 1 aromatic rings. The van der Waals surface area contributed by atoms with Crippen LogP contribution < -0.4 is 5.32 Å². The molecule has 2 aliphatic rings. The lowest BCUT2D eigenvalue weighted by atomic mass is 9.47. The van der Waals surface area contributed by atoms with Crippen LogP contribution in [0.25, 0.3) is 0 Å². The summed E-state index contributed by atoms with van der Waals surface area (Å²) in [6, 6.07) is 9.03. The first-order valence-electron chi connectivity index (χ1n) is 11.3. The number of hydrogen-bond donors (Lipinski definition) is 1.